The Balaban J connectivity index is 3.73. The number of hydrogen-bond acceptors (Lipinski definition) is 5. The van der Waals surface area contributed by atoms with Gasteiger partial charge in [-0.25, -0.2) is 4.79 Å². The second-order valence-electron chi connectivity index (χ2n) is 5.36. The lowest BCUT2D eigenvalue weighted by molar-refractivity contribution is -0.121. The summed E-state index contributed by atoms with van der Waals surface area (Å²) in [5.41, 5.74) is -0.656. The number of rotatable bonds is 7. The van der Waals surface area contributed by atoms with Crippen molar-refractivity contribution in [2.75, 3.05) is 19.6 Å². The average molecular weight is 287 g/mol. The molecule has 0 radical (unpaired) electrons. The smallest absolute Gasteiger partial charge is 0.414 e. The van der Waals surface area contributed by atoms with Crippen molar-refractivity contribution in [3.05, 3.63) is 0 Å². The molecule has 0 saturated carbocycles. The Kier molecular flexibility index (Phi) is 8.54. The van der Waals surface area contributed by atoms with E-state index < -0.39 is 17.6 Å². The van der Waals surface area contributed by atoms with E-state index in [1.54, 1.807) is 20.8 Å². The maximum atomic E-state index is 11.4. The lowest BCUT2D eigenvalue weighted by atomic mass is 10.2. The molecule has 3 N–H and O–H groups in total. The first kappa shape index (κ1) is 18.4. The first-order valence-corrected chi connectivity index (χ1v) is 6.75. The number of carbonyl (C=O) groups is 3. The van der Waals surface area contributed by atoms with Gasteiger partial charge in [0.2, 0.25) is 11.8 Å². The SMILES string of the molecule is CCCCNC(=O)CNCC(=O)NC(=O)OC(C)(C)C. The highest BCUT2D eigenvalue weighted by molar-refractivity contribution is 5.93. The van der Waals surface area contributed by atoms with Crippen LogP contribution in [0.15, 0.2) is 0 Å². The molecule has 0 aliphatic carbocycles. The molecule has 0 heterocycles. The molecule has 7 heteroatoms. The van der Waals surface area contributed by atoms with Crippen LogP contribution in [0.4, 0.5) is 4.79 Å². The third kappa shape index (κ3) is 11.5. The van der Waals surface area contributed by atoms with Crippen LogP contribution in [0.1, 0.15) is 40.5 Å². The molecule has 116 valence electrons. The van der Waals surface area contributed by atoms with Crippen LogP contribution in [0.2, 0.25) is 0 Å². The molecule has 0 aromatic rings. The van der Waals surface area contributed by atoms with E-state index in [4.69, 9.17) is 4.74 Å². The molecular formula is C13H25N3O4. The predicted molar refractivity (Wildman–Crippen MR) is 75.2 cm³/mol. The van der Waals surface area contributed by atoms with Crippen molar-refractivity contribution in [2.45, 2.75) is 46.1 Å². The van der Waals surface area contributed by atoms with Crippen molar-refractivity contribution in [2.24, 2.45) is 0 Å². The van der Waals surface area contributed by atoms with Crippen molar-refractivity contribution < 1.29 is 19.1 Å². The van der Waals surface area contributed by atoms with Crippen LogP contribution >= 0.6 is 0 Å². The zero-order valence-electron chi connectivity index (χ0n) is 12.7. The van der Waals surface area contributed by atoms with E-state index in [1.165, 1.54) is 0 Å². The zero-order chi connectivity index (χ0) is 15.6. The van der Waals surface area contributed by atoms with Gasteiger partial charge in [-0.1, -0.05) is 13.3 Å². The zero-order valence-corrected chi connectivity index (χ0v) is 12.7. The highest BCUT2D eigenvalue weighted by Crippen LogP contribution is 2.06. The Morgan fingerprint density at radius 3 is 2.20 bits per heavy atom. The van der Waals surface area contributed by atoms with Crippen LogP contribution in [0.3, 0.4) is 0 Å². The van der Waals surface area contributed by atoms with Gasteiger partial charge in [0, 0.05) is 6.54 Å². The van der Waals surface area contributed by atoms with Crippen molar-refractivity contribution in [3.8, 4) is 0 Å². The minimum absolute atomic E-state index is 0.0332. The summed E-state index contributed by atoms with van der Waals surface area (Å²) >= 11 is 0. The molecule has 0 rings (SSSR count). The first-order valence-electron chi connectivity index (χ1n) is 6.75. The van der Waals surface area contributed by atoms with Gasteiger partial charge in [-0.15, -0.1) is 0 Å². The van der Waals surface area contributed by atoms with E-state index in [-0.39, 0.29) is 19.0 Å². The number of nitrogens with one attached hydrogen (secondary N) is 3. The molecule has 7 nitrogen and oxygen atoms in total. The fourth-order valence-corrected chi connectivity index (χ4v) is 1.22. The highest BCUT2D eigenvalue weighted by atomic mass is 16.6. The quantitative estimate of drug-likeness (QED) is 0.594. The first-order chi connectivity index (χ1) is 9.24. The number of alkyl carbamates (subject to hydrolysis) is 1. The minimum atomic E-state index is -0.795. The van der Waals surface area contributed by atoms with E-state index in [2.05, 4.69) is 16.0 Å². The molecule has 20 heavy (non-hydrogen) atoms. The number of hydrogen-bond donors (Lipinski definition) is 3. The number of unbranched alkanes of at least 4 members (excludes halogenated alkanes) is 1. The summed E-state index contributed by atoms with van der Waals surface area (Å²) in [5.74, 6) is -0.718. The molecule has 3 amide bonds. The Labute approximate surface area is 119 Å². The highest BCUT2D eigenvalue weighted by Gasteiger charge is 2.17. The minimum Gasteiger partial charge on any atom is -0.444 e. The van der Waals surface area contributed by atoms with Gasteiger partial charge < -0.3 is 10.1 Å². The Bertz CT molecular complexity index is 337. The molecule has 0 bridgehead atoms. The topological polar surface area (TPSA) is 96.5 Å². The average Bonchev–Trinajstić information content (AvgIpc) is 2.26. The summed E-state index contributed by atoms with van der Waals surface area (Å²) in [6.45, 7) is 7.68. The van der Waals surface area contributed by atoms with Crippen molar-refractivity contribution in [3.63, 3.8) is 0 Å². The summed E-state index contributed by atoms with van der Waals surface area (Å²) < 4.78 is 4.92. The van der Waals surface area contributed by atoms with E-state index in [0.29, 0.717) is 6.54 Å². The van der Waals surface area contributed by atoms with Gasteiger partial charge in [-0.3, -0.25) is 20.2 Å². The number of carbonyl (C=O) groups excluding carboxylic acids is 3. The van der Waals surface area contributed by atoms with Crippen molar-refractivity contribution >= 4 is 17.9 Å². The van der Waals surface area contributed by atoms with Crippen LogP contribution in [-0.2, 0) is 14.3 Å². The van der Waals surface area contributed by atoms with E-state index in [9.17, 15) is 14.4 Å². The Hall–Kier alpha value is -1.63. The van der Waals surface area contributed by atoms with Gasteiger partial charge in [0.25, 0.3) is 0 Å². The molecule has 0 unspecified atom stereocenters. The summed E-state index contributed by atoms with van der Waals surface area (Å²) in [7, 11) is 0. The summed E-state index contributed by atoms with van der Waals surface area (Å²) in [6, 6.07) is 0. The van der Waals surface area contributed by atoms with E-state index in [1.807, 2.05) is 6.92 Å². The molecular weight excluding hydrogens is 262 g/mol. The van der Waals surface area contributed by atoms with Crippen LogP contribution in [0.25, 0.3) is 0 Å². The third-order valence-corrected chi connectivity index (χ3v) is 2.06. The van der Waals surface area contributed by atoms with Gasteiger partial charge in [-0.05, 0) is 27.2 Å². The molecule has 0 aromatic heterocycles. The molecule has 0 aliphatic rings. The second-order valence-corrected chi connectivity index (χ2v) is 5.36. The largest absolute Gasteiger partial charge is 0.444 e. The van der Waals surface area contributed by atoms with Gasteiger partial charge in [0.05, 0.1) is 13.1 Å². The van der Waals surface area contributed by atoms with Crippen LogP contribution in [-0.4, -0.2) is 43.1 Å². The normalized spacial score (nSPS) is 10.8. The van der Waals surface area contributed by atoms with Crippen molar-refractivity contribution in [1.82, 2.24) is 16.0 Å². The van der Waals surface area contributed by atoms with Crippen LogP contribution < -0.4 is 16.0 Å². The standard InChI is InChI=1S/C13H25N3O4/c1-5-6-7-15-10(17)8-14-9-11(18)16-12(19)20-13(2,3)4/h14H,5-9H2,1-4H3,(H,15,17)(H,16,18,19). The fraction of sp³-hybridized carbons (Fsp3) is 0.769. The number of ether oxygens (including phenoxy) is 1. The number of amides is 3. The van der Waals surface area contributed by atoms with E-state index in [0.717, 1.165) is 12.8 Å². The monoisotopic (exact) mass is 287 g/mol. The predicted octanol–water partition coefficient (Wildman–Crippen LogP) is 0.544. The number of imide groups is 1. The van der Waals surface area contributed by atoms with E-state index >= 15 is 0 Å². The third-order valence-electron chi connectivity index (χ3n) is 2.06. The van der Waals surface area contributed by atoms with Gasteiger partial charge in [-0.2, -0.15) is 0 Å². The molecule has 0 aromatic carbocycles. The van der Waals surface area contributed by atoms with Gasteiger partial charge >= 0.3 is 6.09 Å². The molecule has 0 spiro atoms. The van der Waals surface area contributed by atoms with Crippen LogP contribution in [0, 0.1) is 0 Å². The maximum Gasteiger partial charge on any atom is 0.414 e. The summed E-state index contributed by atoms with van der Waals surface area (Å²) in [4.78, 5) is 34.0. The molecule has 0 saturated heterocycles. The molecule has 0 aliphatic heterocycles. The van der Waals surface area contributed by atoms with Crippen molar-refractivity contribution in [1.29, 1.82) is 0 Å². The summed E-state index contributed by atoms with van der Waals surface area (Å²) in [6.07, 6.45) is 1.13. The van der Waals surface area contributed by atoms with Gasteiger partial charge in [0.1, 0.15) is 5.60 Å². The summed E-state index contributed by atoms with van der Waals surface area (Å²) in [5, 5.41) is 7.42. The van der Waals surface area contributed by atoms with Gasteiger partial charge in [0.15, 0.2) is 0 Å². The maximum absolute atomic E-state index is 11.4. The lowest BCUT2D eigenvalue weighted by Crippen LogP contribution is -2.43. The molecule has 0 atom stereocenters. The Morgan fingerprint density at radius 1 is 1.05 bits per heavy atom. The Morgan fingerprint density at radius 2 is 1.65 bits per heavy atom. The van der Waals surface area contributed by atoms with Crippen LogP contribution in [0.5, 0.6) is 0 Å². The molecule has 0 fully saturated rings. The fourth-order valence-electron chi connectivity index (χ4n) is 1.22. The second kappa shape index (κ2) is 9.30. The lowest BCUT2D eigenvalue weighted by Gasteiger charge is -2.19.